The summed E-state index contributed by atoms with van der Waals surface area (Å²) in [7, 11) is -2.55. The SMILES string of the molecule is COc1nc(N2CCC(CCP(=O)(O)O)CC2)cc2cnn(CC(=O)c3cc(C)co3)c(=O)c12. The Labute approximate surface area is 195 Å². The highest BCUT2D eigenvalue weighted by Crippen LogP contribution is 2.38. The van der Waals surface area contributed by atoms with Crippen molar-refractivity contribution in [1.29, 1.82) is 0 Å². The summed E-state index contributed by atoms with van der Waals surface area (Å²) in [4.78, 5) is 50.4. The van der Waals surface area contributed by atoms with Gasteiger partial charge in [0, 0.05) is 18.5 Å². The van der Waals surface area contributed by atoms with Crippen molar-refractivity contribution in [3.63, 3.8) is 0 Å². The van der Waals surface area contributed by atoms with Crippen LogP contribution in [0.2, 0.25) is 0 Å². The molecule has 11 nitrogen and oxygen atoms in total. The average molecular weight is 490 g/mol. The molecule has 182 valence electrons. The molecular weight excluding hydrogens is 463 g/mol. The first kappa shape index (κ1) is 24.1. The standard InChI is InChI=1S/C22H27N4O7P/c1-14-9-18(33-13-14)17(27)12-26-22(28)20-16(11-23-26)10-19(24-21(20)32-2)25-6-3-15(4-7-25)5-8-34(29,30)31/h9-11,13,15H,3-8,12H2,1-2H3,(H2,29,30,31). The predicted molar refractivity (Wildman–Crippen MR) is 125 cm³/mol. The molecular formula is C22H27N4O7P. The molecule has 0 aliphatic carbocycles. The predicted octanol–water partition coefficient (Wildman–Crippen LogP) is 2.37. The number of piperidine rings is 1. The number of ketones is 1. The first-order chi connectivity index (χ1) is 16.1. The molecule has 1 saturated heterocycles. The van der Waals surface area contributed by atoms with Gasteiger partial charge in [-0.3, -0.25) is 14.2 Å². The van der Waals surface area contributed by atoms with Crippen LogP contribution in [0.5, 0.6) is 5.88 Å². The zero-order chi connectivity index (χ0) is 24.5. The van der Waals surface area contributed by atoms with Crippen LogP contribution in [0.25, 0.3) is 10.8 Å². The van der Waals surface area contributed by atoms with Gasteiger partial charge in [0.1, 0.15) is 17.7 Å². The minimum Gasteiger partial charge on any atom is -0.480 e. The van der Waals surface area contributed by atoms with Crippen molar-refractivity contribution in [2.75, 3.05) is 31.3 Å². The fraction of sp³-hybridized carbons (Fsp3) is 0.455. The van der Waals surface area contributed by atoms with Crippen molar-refractivity contribution >= 4 is 30.0 Å². The second kappa shape index (κ2) is 9.69. The Bertz CT molecular complexity index is 1300. The highest BCUT2D eigenvalue weighted by Gasteiger charge is 2.25. The van der Waals surface area contributed by atoms with Gasteiger partial charge in [0.2, 0.25) is 11.7 Å². The highest BCUT2D eigenvalue weighted by molar-refractivity contribution is 7.51. The molecule has 0 bridgehead atoms. The maximum atomic E-state index is 13.1. The van der Waals surface area contributed by atoms with E-state index in [1.165, 1.54) is 19.6 Å². The Kier molecular flexibility index (Phi) is 6.88. The van der Waals surface area contributed by atoms with Gasteiger partial charge in [0.25, 0.3) is 5.56 Å². The van der Waals surface area contributed by atoms with Crippen molar-refractivity contribution in [3.05, 3.63) is 46.3 Å². The lowest BCUT2D eigenvalue weighted by atomic mass is 9.94. The number of hydrogen-bond acceptors (Lipinski definition) is 8. The van der Waals surface area contributed by atoms with Crippen molar-refractivity contribution in [2.24, 2.45) is 5.92 Å². The molecule has 1 aliphatic heterocycles. The lowest BCUT2D eigenvalue weighted by Crippen LogP contribution is -2.34. The monoisotopic (exact) mass is 490 g/mol. The molecule has 0 aromatic carbocycles. The molecule has 34 heavy (non-hydrogen) atoms. The average Bonchev–Trinajstić information content (AvgIpc) is 3.25. The van der Waals surface area contributed by atoms with Crippen molar-refractivity contribution in [3.8, 4) is 5.88 Å². The molecule has 4 heterocycles. The smallest absolute Gasteiger partial charge is 0.325 e. The topological polar surface area (TPSA) is 148 Å². The van der Waals surface area contributed by atoms with Crippen LogP contribution in [-0.4, -0.2) is 56.7 Å². The van der Waals surface area contributed by atoms with Crippen LogP contribution in [0.15, 0.2) is 33.8 Å². The van der Waals surface area contributed by atoms with Gasteiger partial charge in [-0.2, -0.15) is 10.1 Å². The first-order valence-corrected chi connectivity index (χ1v) is 12.8. The molecule has 4 rings (SSSR count). The minimum atomic E-state index is -3.99. The lowest BCUT2D eigenvalue weighted by molar-refractivity contribution is 0.0938. The van der Waals surface area contributed by atoms with Crippen molar-refractivity contribution in [2.45, 2.75) is 32.7 Å². The molecule has 3 aromatic rings. The number of methoxy groups -OCH3 is 1. The third kappa shape index (κ3) is 5.38. The van der Waals surface area contributed by atoms with E-state index < -0.39 is 13.2 Å². The molecule has 0 unspecified atom stereocenters. The van der Waals surface area contributed by atoms with E-state index in [0.717, 1.165) is 23.1 Å². The maximum Gasteiger partial charge on any atom is 0.325 e. The molecule has 12 heteroatoms. The number of nitrogens with zero attached hydrogens (tertiary/aromatic N) is 4. The van der Waals surface area contributed by atoms with Gasteiger partial charge in [-0.15, -0.1) is 0 Å². The first-order valence-electron chi connectivity index (χ1n) is 11.0. The Hall–Kier alpha value is -3.01. The van der Waals surface area contributed by atoms with Gasteiger partial charge < -0.3 is 23.8 Å². The second-order valence-corrected chi connectivity index (χ2v) is 10.4. The van der Waals surface area contributed by atoms with Gasteiger partial charge in [-0.1, -0.05) is 0 Å². The number of rotatable bonds is 8. The summed E-state index contributed by atoms with van der Waals surface area (Å²) in [6.45, 7) is 2.89. The molecule has 0 amide bonds. The van der Waals surface area contributed by atoms with E-state index >= 15 is 0 Å². The molecule has 0 saturated carbocycles. The van der Waals surface area contributed by atoms with Crippen LogP contribution in [-0.2, 0) is 11.1 Å². The molecule has 1 aliphatic rings. The zero-order valence-electron chi connectivity index (χ0n) is 19.0. The fourth-order valence-electron chi connectivity index (χ4n) is 4.17. The molecule has 1 fully saturated rings. The number of pyridine rings is 1. The Balaban J connectivity index is 1.54. The second-order valence-electron chi connectivity index (χ2n) is 8.58. The van der Waals surface area contributed by atoms with Crippen LogP contribution in [0.1, 0.15) is 35.4 Å². The van der Waals surface area contributed by atoms with E-state index in [1.807, 2.05) is 0 Å². The van der Waals surface area contributed by atoms with E-state index in [2.05, 4.69) is 15.0 Å². The zero-order valence-corrected chi connectivity index (χ0v) is 19.9. The van der Waals surface area contributed by atoms with Gasteiger partial charge in [0.15, 0.2) is 5.76 Å². The summed E-state index contributed by atoms with van der Waals surface area (Å²) in [6, 6.07) is 3.38. The molecule has 0 spiro atoms. The van der Waals surface area contributed by atoms with Crippen LogP contribution >= 0.6 is 7.60 Å². The number of carbonyl (C=O) groups excluding carboxylic acids is 1. The third-order valence-corrected chi connectivity index (χ3v) is 6.89. The molecule has 0 atom stereocenters. The summed E-state index contributed by atoms with van der Waals surface area (Å²) in [5, 5.41) is 4.95. The van der Waals surface area contributed by atoms with Crippen LogP contribution in [0.3, 0.4) is 0 Å². The highest BCUT2D eigenvalue weighted by atomic mass is 31.2. The van der Waals surface area contributed by atoms with Crippen LogP contribution in [0, 0.1) is 12.8 Å². The summed E-state index contributed by atoms with van der Waals surface area (Å²) >= 11 is 0. The quantitative estimate of drug-likeness (QED) is 0.356. The summed E-state index contributed by atoms with van der Waals surface area (Å²) in [5.41, 5.74) is 0.326. The number of furan rings is 1. The van der Waals surface area contributed by atoms with Gasteiger partial charge in [-0.05, 0) is 49.8 Å². The lowest BCUT2D eigenvalue weighted by Gasteiger charge is -2.33. The maximum absolute atomic E-state index is 13.1. The summed E-state index contributed by atoms with van der Waals surface area (Å²) in [6.07, 6.45) is 4.95. The number of hydrogen-bond donors (Lipinski definition) is 2. The number of aromatic nitrogens is 3. The van der Waals surface area contributed by atoms with Crippen molar-refractivity contribution < 1.29 is 28.3 Å². The summed E-state index contributed by atoms with van der Waals surface area (Å²) in [5.74, 6) is 0.830. The summed E-state index contributed by atoms with van der Waals surface area (Å²) < 4.78 is 22.8. The van der Waals surface area contributed by atoms with Crippen LogP contribution in [0.4, 0.5) is 5.82 Å². The van der Waals surface area contributed by atoms with E-state index in [4.69, 9.17) is 18.9 Å². The van der Waals surface area contributed by atoms with Crippen LogP contribution < -0.4 is 15.2 Å². The molecule has 0 radical (unpaired) electrons. The van der Waals surface area contributed by atoms with Gasteiger partial charge >= 0.3 is 7.60 Å². The van der Waals surface area contributed by atoms with E-state index in [0.29, 0.717) is 30.7 Å². The molecule has 2 N–H and O–H groups in total. The Morgan fingerprint density at radius 3 is 2.65 bits per heavy atom. The number of anilines is 1. The third-order valence-electron chi connectivity index (χ3n) is 6.05. The van der Waals surface area contributed by atoms with E-state index in [-0.39, 0.29) is 41.4 Å². The van der Waals surface area contributed by atoms with Crippen molar-refractivity contribution in [1.82, 2.24) is 14.8 Å². The van der Waals surface area contributed by atoms with Gasteiger partial charge in [0.05, 0.1) is 25.7 Å². The Morgan fingerprint density at radius 2 is 2.03 bits per heavy atom. The minimum absolute atomic E-state index is 0.0975. The Morgan fingerprint density at radius 1 is 1.29 bits per heavy atom. The fourth-order valence-corrected chi connectivity index (χ4v) is 4.87. The number of Topliss-reactive ketones (excluding diaryl/α,β-unsaturated/α-hetero) is 1. The van der Waals surface area contributed by atoms with E-state index in [1.54, 1.807) is 19.1 Å². The largest absolute Gasteiger partial charge is 0.480 e. The number of aryl methyl sites for hydroxylation is 1. The van der Waals surface area contributed by atoms with Gasteiger partial charge in [-0.25, -0.2) is 4.68 Å². The number of carbonyl (C=O) groups is 1. The number of ether oxygens (including phenoxy) is 1. The van der Waals surface area contributed by atoms with E-state index in [9.17, 15) is 14.2 Å². The normalized spacial score (nSPS) is 15.1. The number of fused-ring (bicyclic) bond motifs is 1. The molecule has 3 aromatic heterocycles.